The van der Waals surface area contributed by atoms with Crippen molar-refractivity contribution in [1.82, 2.24) is 14.8 Å². The second-order valence-electron chi connectivity index (χ2n) is 7.74. The fourth-order valence-corrected chi connectivity index (χ4v) is 4.00. The molecule has 3 aromatic rings. The molecule has 0 spiro atoms. The number of pyridine rings is 1. The average Bonchev–Trinajstić information content (AvgIpc) is 2.98. The number of fused-ring (bicyclic) bond motifs is 1. The van der Waals surface area contributed by atoms with Crippen molar-refractivity contribution in [3.8, 4) is 5.75 Å². The minimum atomic E-state index is -0.344. The van der Waals surface area contributed by atoms with Crippen molar-refractivity contribution in [2.75, 3.05) is 33.3 Å². The summed E-state index contributed by atoms with van der Waals surface area (Å²) in [6.07, 6.45) is 0.915. The molecule has 2 heterocycles. The highest BCUT2D eigenvalue weighted by Crippen LogP contribution is 2.22. The van der Waals surface area contributed by atoms with Gasteiger partial charge in [-0.2, -0.15) is 0 Å². The van der Waals surface area contributed by atoms with Crippen LogP contribution < -0.4 is 4.74 Å². The van der Waals surface area contributed by atoms with Gasteiger partial charge in [0.15, 0.2) is 0 Å². The van der Waals surface area contributed by atoms with Gasteiger partial charge in [0.2, 0.25) is 0 Å². The molecule has 1 fully saturated rings. The number of aryl methyl sites for hydroxylation is 1. The van der Waals surface area contributed by atoms with Crippen LogP contribution in [-0.2, 0) is 6.54 Å². The zero-order valence-corrected chi connectivity index (χ0v) is 17.4. The quantitative estimate of drug-likeness (QED) is 0.655. The molecule has 0 saturated carbocycles. The van der Waals surface area contributed by atoms with Gasteiger partial charge in [0.25, 0.3) is 5.91 Å². The number of nitrogens with zero attached hydrogens (tertiary/aromatic N) is 3. The van der Waals surface area contributed by atoms with Crippen LogP contribution >= 0.6 is 0 Å². The monoisotopic (exact) mass is 407 g/mol. The Morgan fingerprint density at radius 1 is 1.07 bits per heavy atom. The van der Waals surface area contributed by atoms with Crippen LogP contribution in [0.15, 0.2) is 48.5 Å². The average molecular weight is 407 g/mol. The summed E-state index contributed by atoms with van der Waals surface area (Å²) >= 11 is 0. The lowest BCUT2D eigenvalue weighted by atomic mass is 10.1. The lowest BCUT2D eigenvalue weighted by molar-refractivity contribution is 0.0763. The first-order chi connectivity index (χ1) is 14.5. The normalized spacial score (nSPS) is 15.2. The van der Waals surface area contributed by atoms with E-state index in [0.29, 0.717) is 35.2 Å². The number of hydrogen-bond donors (Lipinski definition) is 0. The van der Waals surface area contributed by atoms with Crippen LogP contribution in [0.2, 0.25) is 0 Å². The fraction of sp³-hybridized carbons (Fsp3) is 0.333. The first-order valence-electron chi connectivity index (χ1n) is 10.2. The summed E-state index contributed by atoms with van der Waals surface area (Å²) in [7, 11) is 1.67. The van der Waals surface area contributed by atoms with Gasteiger partial charge in [-0.05, 0) is 49.2 Å². The topological polar surface area (TPSA) is 45.7 Å². The third-order valence-corrected chi connectivity index (χ3v) is 5.57. The Hall–Kier alpha value is -2.99. The zero-order valence-electron chi connectivity index (χ0n) is 17.4. The molecule has 1 saturated heterocycles. The number of ether oxygens (including phenoxy) is 1. The van der Waals surface area contributed by atoms with E-state index in [2.05, 4.69) is 22.0 Å². The van der Waals surface area contributed by atoms with E-state index in [9.17, 15) is 9.18 Å². The predicted molar refractivity (Wildman–Crippen MR) is 115 cm³/mol. The second kappa shape index (κ2) is 8.79. The molecule has 0 radical (unpaired) electrons. The summed E-state index contributed by atoms with van der Waals surface area (Å²) < 4.78 is 18.9. The maximum absolute atomic E-state index is 13.6. The number of benzene rings is 2. The Morgan fingerprint density at radius 3 is 2.63 bits per heavy atom. The molecule has 6 heteroatoms. The molecule has 4 rings (SSSR count). The van der Waals surface area contributed by atoms with Gasteiger partial charge in [0, 0.05) is 49.9 Å². The second-order valence-corrected chi connectivity index (χ2v) is 7.74. The maximum Gasteiger partial charge on any atom is 0.254 e. The summed E-state index contributed by atoms with van der Waals surface area (Å²) in [5.41, 5.74) is 3.07. The van der Waals surface area contributed by atoms with Crippen LogP contribution in [0.3, 0.4) is 0 Å². The number of rotatable bonds is 4. The molecular formula is C24H26FN3O2. The lowest BCUT2D eigenvalue weighted by Crippen LogP contribution is -2.35. The molecule has 1 amide bonds. The Morgan fingerprint density at radius 2 is 1.87 bits per heavy atom. The summed E-state index contributed by atoms with van der Waals surface area (Å²) in [6, 6.07) is 14.3. The zero-order chi connectivity index (χ0) is 21.1. The Kier molecular flexibility index (Phi) is 5.95. The van der Waals surface area contributed by atoms with Gasteiger partial charge in [0.05, 0.1) is 18.2 Å². The highest BCUT2D eigenvalue weighted by Gasteiger charge is 2.22. The first-order valence-corrected chi connectivity index (χ1v) is 10.2. The molecule has 0 atom stereocenters. The van der Waals surface area contributed by atoms with E-state index < -0.39 is 0 Å². The molecule has 2 aromatic carbocycles. The van der Waals surface area contributed by atoms with E-state index in [1.54, 1.807) is 13.2 Å². The van der Waals surface area contributed by atoms with E-state index in [1.807, 2.05) is 30.0 Å². The van der Waals surface area contributed by atoms with Crippen LogP contribution in [-0.4, -0.2) is 54.0 Å². The Labute approximate surface area is 176 Å². The maximum atomic E-state index is 13.6. The summed E-state index contributed by atoms with van der Waals surface area (Å²) in [5.74, 6) is 0.498. The van der Waals surface area contributed by atoms with Crippen LogP contribution in [0.4, 0.5) is 4.39 Å². The Balaban J connectivity index is 1.48. The molecule has 5 nitrogen and oxygen atoms in total. The van der Waals surface area contributed by atoms with Crippen LogP contribution in [0, 0.1) is 12.7 Å². The molecule has 0 aliphatic carbocycles. The number of methoxy groups -OCH3 is 1. The summed E-state index contributed by atoms with van der Waals surface area (Å²) in [4.78, 5) is 22.0. The third-order valence-electron chi connectivity index (χ3n) is 5.57. The number of hydrogen-bond acceptors (Lipinski definition) is 4. The van der Waals surface area contributed by atoms with Crippen molar-refractivity contribution < 1.29 is 13.9 Å². The van der Waals surface area contributed by atoms with Gasteiger partial charge >= 0.3 is 0 Å². The van der Waals surface area contributed by atoms with Crippen molar-refractivity contribution in [1.29, 1.82) is 0 Å². The van der Waals surface area contributed by atoms with Crippen molar-refractivity contribution in [2.24, 2.45) is 0 Å². The Bertz CT molecular complexity index is 1050. The number of carbonyl (C=O) groups is 1. The molecule has 0 bridgehead atoms. The van der Waals surface area contributed by atoms with Gasteiger partial charge in [0.1, 0.15) is 11.6 Å². The van der Waals surface area contributed by atoms with Crippen LogP contribution in [0.25, 0.3) is 10.9 Å². The molecular weight excluding hydrogens is 381 g/mol. The minimum absolute atomic E-state index is 0.0107. The molecule has 156 valence electrons. The highest BCUT2D eigenvalue weighted by molar-refractivity contribution is 6.06. The van der Waals surface area contributed by atoms with Crippen LogP contribution in [0.5, 0.6) is 5.75 Å². The van der Waals surface area contributed by atoms with E-state index >= 15 is 0 Å². The lowest BCUT2D eigenvalue weighted by Gasteiger charge is -2.23. The molecule has 1 aliphatic rings. The van der Waals surface area contributed by atoms with Gasteiger partial charge < -0.3 is 9.64 Å². The van der Waals surface area contributed by atoms with E-state index in [-0.39, 0.29) is 11.7 Å². The van der Waals surface area contributed by atoms with Crippen molar-refractivity contribution >= 4 is 16.8 Å². The number of carbonyl (C=O) groups excluding carboxylic acids is 1. The smallest absolute Gasteiger partial charge is 0.254 e. The van der Waals surface area contributed by atoms with Crippen molar-refractivity contribution in [3.05, 3.63) is 71.2 Å². The number of halogens is 1. The number of aromatic nitrogens is 1. The summed E-state index contributed by atoms with van der Waals surface area (Å²) in [6.45, 7) is 5.81. The molecule has 1 aliphatic heterocycles. The molecule has 0 N–H and O–H groups in total. The predicted octanol–water partition coefficient (Wildman–Crippen LogP) is 4.04. The SMILES string of the molecule is COc1ccc(CN2CCCN(C(=O)c3cc(C)nc4cc(F)ccc34)CC2)cc1. The van der Waals surface area contributed by atoms with Crippen LogP contribution in [0.1, 0.15) is 28.0 Å². The van der Waals surface area contributed by atoms with Crippen molar-refractivity contribution in [3.63, 3.8) is 0 Å². The van der Waals surface area contributed by atoms with Gasteiger partial charge in [-0.25, -0.2) is 4.39 Å². The fourth-order valence-electron chi connectivity index (χ4n) is 4.00. The standard InChI is InChI=1S/C24H26FN3O2/c1-17-14-22(21-9-6-19(25)15-23(21)26-17)24(29)28-11-3-10-27(12-13-28)16-18-4-7-20(30-2)8-5-18/h4-9,14-15H,3,10-13,16H2,1-2H3. The first kappa shape index (κ1) is 20.3. The third kappa shape index (κ3) is 4.44. The van der Waals surface area contributed by atoms with E-state index in [0.717, 1.165) is 31.8 Å². The van der Waals surface area contributed by atoms with Gasteiger partial charge in [-0.15, -0.1) is 0 Å². The number of amides is 1. The summed E-state index contributed by atoms with van der Waals surface area (Å²) in [5, 5.41) is 0.700. The van der Waals surface area contributed by atoms with Gasteiger partial charge in [-0.3, -0.25) is 14.7 Å². The molecule has 1 aromatic heterocycles. The molecule has 30 heavy (non-hydrogen) atoms. The van der Waals surface area contributed by atoms with E-state index in [1.165, 1.54) is 17.7 Å². The van der Waals surface area contributed by atoms with E-state index in [4.69, 9.17) is 4.74 Å². The minimum Gasteiger partial charge on any atom is -0.497 e. The largest absolute Gasteiger partial charge is 0.497 e. The van der Waals surface area contributed by atoms with Crippen molar-refractivity contribution in [2.45, 2.75) is 19.9 Å². The van der Waals surface area contributed by atoms with Gasteiger partial charge in [-0.1, -0.05) is 12.1 Å². The molecule has 0 unspecified atom stereocenters. The highest BCUT2D eigenvalue weighted by atomic mass is 19.1.